The number of thiophene rings is 1. The van der Waals surface area contributed by atoms with Gasteiger partial charge in [0.15, 0.2) is 0 Å². The molecular formula is C16H23IN2O2S. The maximum atomic E-state index is 12.4. The van der Waals surface area contributed by atoms with E-state index in [-0.39, 0.29) is 12.0 Å². The molecule has 6 heteroatoms. The van der Waals surface area contributed by atoms with Gasteiger partial charge in [0.1, 0.15) is 0 Å². The number of nitrogens with zero attached hydrogens (tertiary/aromatic N) is 2. The molecule has 1 atom stereocenters. The van der Waals surface area contributed by atoms with Gasteiger partial charge in [-0.25, -0.2) is 0 Å². The van der Waals surface area contributed by atoms with Crippen molar-refractivity contribution in [2.45, 2.75) is 31.8 Å². The van der Waals surface area contributed by atoms with Crippen molar-refractivity contribution in [1.29, 1.82) is 0 Å². The van der Waals surface area contributed by atoms with Gasteiger partial charge < -0.3 is 14.5 Å². The third-order valence-corrected chi connectivity index (χ3v) is 6.25. The molecule has 0 radical (unpaired) electrons. The van der Waals surface area contributed by atoms with Crippen molar-refractivity contribution >= 4 is 39.8 Å². The monoisotopic (exact) mass is 434 g/mol. The molecule has 3 heterocycles. The number of hydrogen-bond donors (Lipinski definition) is 0. The van der Waals surface area contributed by atoms with Crippen LogP contribution < -0.4 is 0 Å². The minimum absolute atomic E-state index is 0.154. The van der Waals surface area contributed by atoms with Crippen molar-refractivity contribution in [2.24, 2.45) is 0 Å². The molecule has 0 aliphatic carbocycles. The highest BCUT2D eigenvalue weighted by atomic mass is 127. The first-order chi connectivity index (χ1) is 10.7. The summed E-state index contributed by atoms with van der Waals surface area (Å²) in [5, 5.41) is 1.95. The second-order valence-electron chi connectivity index (χ2n) is 6.07. The standard InChI is InChI=1S/C16H23IN2O2S/c17-15-10-13(12-22-15)16(20)19-7-4-14(11-19)21-9-8-18-5-2-1-3-6-18/h10,12,14H,1-9,11H2. The van der Waals surface area contributed by atoms with E-state index in [9.17, 15) is 4.79 Å². The van der Waals surface area contributed by atoms with Crippen LogP contribution >= 0.6 is 33.9 Å². The molecular weight excluding hydrogens is 411 g/mol. The Kier molecular flexibility index (Phi) is 6.12. The van der Waals surface area contributed by atoms with E-state index in [4.69, 9.17) is 4.74 Å². The van der Waals surface area contributed by atoms with Crippen LogP contribution in [0.3, 0.4) is 0 Å². The van der Waals surface area contributed by atoms with Gasteiger partial charge in [-0.1, -0.05) is 6.42 Å². The lowest BCUT2D eigenvalue weighted by molar-refractivity contribution is 0.0379. The fourth-order valence-corrected chi connectivity index (χ4v) is 4.51. The number of carbonyl (C=O) groups is 1. The highest BCUT2D eigenvalue weighted by Crippen LogP contribution is 2.21. The predicted octanol–water partition coefficient (Wildman–Crippen LogP) is 3.07. The van der Waals surface area contributed by atoms with Crippen molar-refractivity contribution in [3.05, 3.63) is 19.9 Å². The third kappa shape index (κ3) is 4.43. The van der Waals surface area contributed by atoms with E-state index >= 15 is 0 Å². The maximum Gasteiger partial charge on any atom is 0.254 e. The van der Waals surface area contributed by atoms with Gasteiger partial charge in [-0.15, -0.1) is 11.3 Å². The van der Waals surface area contributed by atoms with Gasteiger partial charge in [-0.3, -0.25) is 4.79 Å². The lowest BCUT2D eigenvalue weighted by Gasteiger charge is -2.26. The molecule has 0 N–H and O–H groups in total. The molecule has 0 aromatic carbocycles. The summed E-state index contributed by atoms with van der Waals surface area (Å²) in [4.78, 5) is 16.8. The number of rotatable bonds is 5. The Morgan fingerprint density at radius 1 is 1.32 bits per heavy atom. The van der Waals surface area contributed by atoms with Crippen LogP contribution in [0.25, 0.3) is 0 Å². The van der Waals surface area contributed by atoms with Crippen molar-refractivity contribution in [2.75, 3.05) is 39.3 Å². The topological polar surface area (TPSA) is 32.8 Å². The smallest absolute Gasteiger partial charge is 0.254 e. The summed E-state index contributed by atoms with van der Waals surface area (Å²) >= 11 is 3.88. The first kappa shape index (κ1) is 16.7. The molecule has 1 unspecified atom stereocenters. The van der Waals surface area contributed by atoms with Gasteiger partial charge in [0.2, 0.25) is 0 Å². The third-order valence-electron chi connectivity index (χ3n) is 4.46. The number of amides is 1. The van der Waals surface area contributed by atoms with Crippen molar-refractivity contribution in [1.82, 2.24) is 9.80 Å². The van der Waals surface area contributed by atoms with E-state index in [1.807, 2.05) is 16.3 Å². The fraction of sp³-hybridized carbons (Fsp3) is 0.688. The van der Waals surface area contributed by atoms with Crippen LogP contribution in [0.4, 0.5) is 0 Å². The van der Waals surface area contributed by atoms with Crippen LogP contribution in [-0.4, -0.2) is 61.1 Å². The molecule has 3 rings (SSSR count). The van der Waals surface area contributed by atoms with E-state index in [1.54, 1.807) is 11.3 Å². The van der Waals surface area contributed by atoms with Gasteiger partial charge in [-0.05, 0) is 61.0 Å². The van der Waals surface area contributed by atoms with Crippen LogP contribution in [0.1, 0.15) is 36.0 Å². The molecule has 0 bridgehead atoms. The molecule has 1 amide bonds. The summed E-state index contributed by atoms with van der Waals surface area (Å²) in [6.45, 7) is 5.83. The van der Waals surface area contributed by atoms with E-state index in [0.717, 1.165) is 41.1 Å². The SMILES string of the molecule is O=C(c1csc(I)c1)N1CCC(OCCN2CCCCC2)C1. The minimum atomic E-state index is 0.154. The highest BCUT2D eigenvalue weighted by Gasteiger charge is 2.28. The summed E-state index contributed by atoms with van der Waals surface area (Å²) in [5.74, 6) is 0.154. The Labute approximate surface area is 149 Å². The zero-order valence-electron chi connectivity index (χ0n) is 12.8. The number of carbonyl (C=O) groups excluding carboxylic acids is 1. The number of piperidine rings is 1. The van der Waals surface area contributed by atoms with Crippen molar-refractivity contribution in [3.8, 4) is 0 Å². The molecule has 2 fully saturated rings. The number of hydrogen-bond acceptors (Lipinski definition) is 4. The summed E-state index contributed by atoms with van der Waals surface area (Å²) in [6, 6.07) is 1.97. The molecule has 122 valence electrons. The summed E-state index contributed by atoms with van der Waals surface area (Å²) < 4.78 is 7.15. The van der Waals surface area contributed by atoms with Crippen LogP contribution in [0.2, 0.25) is 0 Å². The quantitative estimate of drug-likeness (QED) is 0.668. The first-order valence-corrected chi connectivity index (χ1v) is 10.1. The van der Waals surface area contributed by atoms with E-state index in [0.29, 0.717) is 0 Å². The largest absolute Gasteiger partial charge is 0.375 e. The second kappa shape index (κ2) is 8.08. The molecule has 2 saturated heterocycles. The average Bonchev–Trinajstić information content (AvgIpc) is 3.17. The first-order valence-electron chi connectivity index (χ1n) is 8.09. The number of halogens is 1. The molecule has 4 nitrogen and oxygen atoms in total. The highest BCUT2D eigenvalue weighted by molar-refractivity contribution is 14.1. The Bertz CT molecular complexity index is 502. The van der Waals surface area contributed by atoms with Crippen LogP contribution in [0.5, 0.6) is 0 Å². The summed E-state index contributed by atoms with van der Waals surface area (Å²) in [5.41, 5.74) is 0.823. The molecule has 1 aromatic rings. The van der Waals surface area contributed by atoms with Crippen LogP contribution in [0.15, 0.2) is 11.4 Å². The fourth-order valence-electron chi connectivity index (χ4n) is 3.18. The lowest BCUT2D eigenvalue weighted by atomic mass is 10.1. The predicted molar refractivity (Wildman–Crippen MR) is 97.6 cm³/mol. The van der Waals surface area contributed by atoms with E-state index in [1.165, 1.54) is 32.4 Å². The van der Waals surface area contributed by atoms with Crippen LogP contribution in [0, 0.1) is 2.88 Å². The van der Waals surface area contributed by atoms with Crippen molar-refractivity contribution < 1.29 is 9.53 Å². The zero-order chi connectivity index (χ0) is 15.4. The van der Waals surface area contributed by atoms with E-state index < -0.39 is 0 Å². The Balaban J connectivity index is 1.39. The average molecular weight is 434 g/mol. The normalized spacial score (nSPS) is 23.1. The summed E-state index contributed by atoms with van der Waals surface area (Å²) in [7, 11) is 0. The Morgan fingerprint density at radius 2 is 2.14 bits per heavy atom. The molecule has 0 spiro atoms. The van der Waals surface area contributed by atoms with Gasteiger partial charge in [0.05, 0.1) is 21.2 Å². The van der Waals surface area contributed by atoms with Crippen LogP contribution in [-0.2, 0) is 4.74 Å². The van der Waals surface area contributed by atoms with Gasteiger partial charge in [0.25, 0.3) is 5.91 Å². The molecule has 22 heavy (non-hydrogen) atoms. The Hall–Kier alpha value is -0.180. The lowest BCUT2D eigenvalue weighted by Crippen LogP contribution is -2.34. The second-order valence-corrected chi connectivity index (χ2v) is 8.88. The van der Waals surface area contributed by atoms with Gasteiger partial charge >= 0.3 is 0 Å². The molecule has 2 aliphatic rings. The van der Waals surface area contributed by atoms with Crippen molar-refractivity contribution in [3.63, 3.8) is 0 Å². The maximum absolute atomic E-state index is 12.4. The molecule has 2 aliphatic heterocycles. The van der Waals surface area contributed by atoms with Gasteiger partial charge in [0, 0.05) is 25.0 Å². The molecule has 1 aromatic heterocycles. The summed E-state index contributed by atoms with van der Waals surface area (Å²) in [6.07, 6.45) is 5.20. The zero-order valence-corrected chi connectivity index (χ0v) is 15.8. The van der Waals surface area contributed by atoms with Gasteiger partial charge in [-0.2, -0.15) is 0 Å². The van der Waals surface area contributed by atoms with E-state index in [2.05, 4.69) is 27.5 Å². The Morgan fingerprint density at radius 3 is 2.86 bits per heavy atom. The minimum Gasteiger partial charge on any atom is -0.375 e. The molecule has 0 saturated carbocycles. The number of likely N-dealkylation sites (tertiary alicyclic amines) is 2. The number of ether oxygens (including phenoxy) is 1.